The first-order valence-corrected chi connectivity index (χ1v) is 9.37. The number of hydrogen-bond donors (Lipinski definition) is 1. The highest BCUT2D eigenvalue weighted by molar-refractivity contribution is 7.90. The third-order valence-electron chi connectivity index (χ3n) is 4.23. The number of nitrogens with zero attached hydrogens (tertiary/aromatic N) is 5. The molecule has 0 radical (unpaired) electrons. The van der Waals surface area contributed by atoms with Gasteiger partial charge in [0.15, 0.2) is 0 Å². The Morgan fingerprint density at radius 1 is 1.15 bits per heavy atom. The fourth-order valence-electron chi connectivity index (χ4n) is 2.78. The largest absolute Gasteiger partial charge is 0.511 e. The van der Waals surface area contributed by atoms with Crippen molar-refractivity contribution in [3.63, 3.8) is 0 Å². The lowest BCUT2D eigenvalue weighted by atomic mass is 9.98. The molecule has 1 fully saturated rings. The average molecular weight is 390 g/mol. The predicted molar refractivity (Wildman–Crippen MR) is 86.9 cm³/mol. The molecule has 12 heteroatoms. The zero-order chi connectivity index (χ0) is 18.8. The Labute approximate surface area is 148 Å². The van der Waals surface area contributed by atoms with Gasteiger partial charge in [-0.25, -0.2) is 8.42 Å². The third-order valence-corrected chi connectivity index (χ3v) is 5.85. The number of halogens is 3. The summed E-state index contributed by atoms with van der Waals surface area (Å²) in [6.45, 7) is 0.128. The molecule has 8 nitrogen and oxygen atoms in total. The Bertz CT molecular complexity index is 832. The minimum absolute atomic E-state index is 0.0237. The molecule has 142 valence electrons. The van der Waals surface area contributed by atoms with E-state index in [-0.39, 0.29) is 19.0 Å². The molecular formula is C14H17F3N6O2S. The van der Waals surface area contributed by atoms with Gasteiger partial charge < -0.3 is 5.32 Å². The maximum atomic E-state index is 12.6. The highest BCUT2D eigenvalue weighted by Gasteiger charge is 2.50. The lowest BCUT2D eigenvalue weighted by Gasteiger charge is -2.31. The topological polar surface area (TPSA) is 93.0 Å². The molecule has 1 N–H and O–H groups in total. The van der Waals surface area contributed by atoms with Crippen LogP contribution in [0.3, 0.4) is 0 Å². The number of tetrazole rings is 1. The molecule has 2 aromatic rings. The van der Waals surface area contributed by atoms with Crippen LogP contribution in [0.4, 0.5) is 19.1 Å². The highest BCUT2D eigenvalue weighted by atomic mass is 32.2. The zero-order valence-corrected chi connectivity index (χ0v) is 14.4. The normalized spacial score (nSPS) is 17.3. The molecule has 1 aromatic carbocycles. The van der Waals surface area contributed by atoms with Crippen molar-refractivity contribution in [1.82, 2.24) is 24.5 Å². The summed E-state index contributed by atoms with van der Waals surface area (Å²) in [6, 6.07) is 9.23. The number of alkyl halides is 3. The fourth-order valence-corrected chi connectivity index (χ4v) is 3.76. The number of anilines is 1. The molecule has 0 amide bonds. The van der Waals surface area contributed by atoms with Gasteiger partial charge in [-0.3, -0.25) is 0 Å². The minimum Gasteiger partial charge on any atom is -0.352 e. The maximum Gasteiger partial charge on any atom is 0.511 e. The van der Waals surface area contributed by atoms with Gasteiger partial charge in [-0.15, -0.1) is 0 Å². The summed E-state index contributed by atoms with van der Waals surface area (Å²) in [5.41, 5.74) is -4.48. The van der Waals surface area contributed by atoms with Gasteiger partial charge in [0.2, 0.25) is 5.95 Å². The first-order valence-electron chi connectivity index (χ1n) is 7.93. The first kappa shape index (κ1) is 18.6. The average Bonchev–Trinajstić information content (AvgIpc) is 3.09. The predicted octanol–water partition coefficient (Wildman–Crippen LogP) is 1.64. The van der Waals surface area contributed by atoms with E-state index in [0.29, 0.717) is 29.6 Å². The van der Waals surface area contributed by atoms with Crippen molar-refractivity contribution in [2.45, 2.75) is 18.3 Å². The van der Waals surface area contributed by atoms with Gasteiger partial charge in [-0.05, 0) is 41.3 Å². The molecule has 0 unspecified atom stereocenters. The van der Waals surface area contributed by atoms with Crippen LogP contribution >= 0.6 is 0 Å². The molecular weight excluding hydrogens is 373 g/mol. The van der Waals surface area contributed by atoms with Gasteiger partial charge in [0.05, 0.1) is 5.69 Å². The molecule has 3 rings (SSSR count). The van der Waals surface area contributed by atoms with E-state index < -0.39 is 15.5 Å². The van der Waals surface area contributed by atoms with Crippen molar-refractivity contribution >= 4 is 16.0 Å². The summed E-state index contributed by atoms with van der Waals surface area (Å²) in [5.74, 6) is 0.442. The lowest BCUT2D eigenvalue weighted by molar-refractivity contribution is -0.0496. The monoisotopic (exact) mass is 390 g/mol. The number of rotatable bonds is 5. The summed E-state index contributed by atoms with van der Waals surface area (Å²) < 4.78 is 62.6. The van der Waals surface area contributed by atoms with Crippen molar-refractivity contribution in [2.24, 2.45) is 5.92 Å². The van der Waals surface area contributed by atoms with Crippen molar-refractivity contribution in [3.8, 4) is 5.69 Å². The second kappa shape index (κ2) is 7.19. The molecule has 0 spiro atoms. The maximum absolute atomic E-state index is 12.6. The summed E-state index contributed by atoms with van der Waals surface area (Å²) in [5, 5.41) is 14.5. The molecule has 1 aliphatic heterocycles. The summed E-state index contributed by atoms with van der Waals surface area (Å²) in [4.78, 5) is 0. The van der Waals surface area contributed by atoms with E-state index in [2.05, 4.69) is 20.8 Å². The summed E-state index contributed by atoms with van der Waals surface area (Å²) >= 11 is 0. The Hall–Kier alpha value is -2.21. The standard InChI is InChI=1S/C14H17F3N6O2S/c15-14(16,17)26(24,25)22-8-6-11(7-9-22)10-18-13-19-20-21-23(13)12-4-2-1-3-5-12/h1-5,11H,6-10H2,(H,18,19,21). The van der Waals surface area contributed by atoms with E-state index in [9.17, 15) is 21.6 Å². The Balaban J connectivity index is 1.57. The van der Waals surface area contributed by atoms with E-state index in [1.165, 1.54) is 4.68 Å². The van der Waals surface area contributed by atoms with Crippen molar-refractivity contribution in [3.05, 3.63) is 30.3 Å². The van der Waals surface area contributed by atoms with Gasteiger partial charge in [-0.1, -0.05) is 23.3 Å². The van der Waals surface area contributed by atoms with Gasteiger partial charge >= 0.3 is 15.5 Å². The summed E-state index contributed by atoms with van der Waals surface area (Å²) in [7, 11) is -5.25. The van der Waals surface area contributed by atoms with Crippen LogP contribution in [0.5, 0.6) is 0 Å². The molecule has 0 aliphatic carbocycles. The van der Waals surface area contributed by atoms with Crippen LogP contribution in [0.25, 0.3) is 5.69 Å². The number of para-hydroxylation sites is 1. The fraction of sp³-hybridized carbons (Fsp3) is 0.500. The second-order valence-corrected chi connectivity index (χ2v) is 7.85. The zero-order valence-electron chi connectivity index (χ0n) is 13.6. The number of benzene rings is 1. The molecule has 1 aliphatic rings. The number of hydrogen-bond acceptors (Lipinski definition) is 6. The first-order chi connectivity index (χ1) is 12.3. The molecule has 26 heavy (non-hydrogen) atoms. The van der Waals surface area contributed by atoms with Crippen LogP contribution in [0, 0.1) is 5.92 Å². The van der Waals surface area contributed by atoms with E-state index >= 15 is 0 Å². The van der Waals surface area contributed by atoms with Crippen LogP contribution in [0.1, 0.15) is 12.8 Å². The van der Waals surface area contributed by atoms with Crippen molar-refractivity contribution in [2.75, 3.05) is 25.0 Å². The van der Waals surface area contributed by atoms with Gasteiger partial charge in [0.1, 0.15) is 0 Å². The van der Waals surface area contributed by atoms with Gasteiger partial charge in [0, 0.05) is 19.6 Å². The second-order valence-electron chi connectivity index (χ2n) is 5.92. The molecule has 0 saturated carbocycles. The van der Waals surface area contributed by atoms with Gasteiger partial charge in [-0.2, -0.15) is 22.2 Å². The molecule has 2 heterocycles. The molecule has 0 bridgehead atoms. The van der Waals surface area contributed by atoms with E-state index in [1.54, 1.807) is 0 Å². The number of sulfonamides is 1. The van der Waals surface area contributed by atoms with Crippen LogP contribution in [-0.4, -0.2) is 58.1 Å². The Morgan fingerprint density at radius 3 is 2.42 bits per heavy atom. The Kier molecular flexibility index (Phi) is 5.14. The molecule has 1 aromatic heterocycles. The molecule has 0 atom stereocenters. The Morgan fingerprint density at radius 2 is 1.81 bits per heavy atom. The summed E-state index contributed by atoms with van der Waals surface area (Å²) in [6.07, 6.45) is 0.657. The van der Waals surface area contributed by atoms with Gasteiger partial charge in [0.25, 0.3) is 0 Å². The van der Waals surface area contributed by atoms with Crippen LogP contribution in [0.15, 0.2) is 30.3 Å². The number of piperidine rings is 1. The number of aromatic nitrogens is 4. The van der Waals surface area contributed by atoms with Crippen LogP contribution in [0.2, 0.25) is 0 Å². The van der Waals surface area contributed by atoms with E-state index in [0.717, 1.165) is 5.69 Å². The van der Waals surface area contributed by atoms with Crippen LogP contribution < -0.4 is 5.32 Å². The van der Waals surface area contributed by atoms with Crippen LogP contribution in [-0.2, 0) is 10.0 Å². The molecule has 1 saturated heterocycles. The smallest absolute Gasteiger partial charge is 0.352 e. The van der Waals surface area contributed by atoms with E-state index in [1.807, 2.05) is 30.3 Å². The van der Waals surface area contributed by atoms with Crippen molar-refractivity contribution < 1.29 is 21.6 Å². The minimum atomic E-state index is -5.25. The van der Waals surface area contributed by atoms with E-state index in [4.69, 9.17) is 0 Å². The third kappa shape index (κ3) is 3.80. The number of nitrogens with one attached hydrogen (secondary N) is 1. The SMILES string of the molecule is O=S(=O)(N1CCC(CNc2nnnn2-c2ccccc2)CC1)C(F)(F)F. The lowest BCUT2D eigenvalue weighted by Crippen LogP contribution is -2.45. The van der Waals surface area contributed by atoms with Crippen molar-refractivity contribution in [1.29, 1.82) is 0 Å². The highest BCUT2D eigenvalue weighted by Crippen LogP contribution is 2.30. The quantitative estimate of drug-likeness (QED) is 0.834.